The SMILES string of the molecule is CCCCC[C@@](C)(C#CCO)O[Si](C)(C)C(C)(C)C. The molecule has 0 rings (SSSR count). The highest BCUT2D eigenvalue weighted by Gasteiger charge is 2.42. The van der Waals surface area contributed by atoms with Gasteiger partial charge in [0.15, 0.2) is 8.32 Å². The summed E-state index contributed by atoms with van der Waals surface area (Å²) in [6.07, 6.45) is 4.48. The highest BCUT2D eigenvalue weighted by molar-refractivity contribution is 6.74. The predicted molar refractivity (Wildman–Crippen MR) is 85.7 cm³/mol. The van der Waals surface area contributed by atoms with Gasteiger partial charge in [-0.2, -0.15) is 0 Å². The molecule has 0 aliphatic carbocycles. The van der Waals surface area contributed by atoms with Crippen molar-refractivity contribution in [2.45, 2.75) is 84.0 Å². The van der Waals surface area contributed by atoms with Crippen LogP contribution in [0.4, 0.5) is 0 Å². The smallest absolute Gasteiger partial charge is 0.194 e. The first-order valence-electron chi connectivity index (χ1n) is 7.39. The van der Waals surface area contributed by atoms with Gasteiger partial charge in [-0.05, 0) is 37.9 Å². The molecule has 0 aromatic carbocycles. The third-order valence-corrected chi connectivity index (χ3v) is 8.55. The fraction of sp³-hybridized carbons (Fsp3) is 0.875. The van der Waals surface area contributed by atoms with Gasteiger partial charge in [0.1, 0.15) is 12.2 Å². The Kier molecular flexibility index (Phi) is 7.35. The molecule has 0 bridgehead atoms. The van der Waals surface area contributed by atoms with Crippen molar-refractivity contribution in [3.8, 4) is 11.8 Å². The number of aliphatic hydroxyl groups excluding tert-OH is 1. The van der Waals surface area contributed by atoms with Crippen LogP contribution in [0.1, 0.15) is 60.3 Å². The topological polar surface area (TPSA) is 29.5 Å². The molecule has 0 spiro atoms. The van der Waals surface area contributed by atoms with Gasteiger partial charge < -0.3 is 9.53 Å². The van der Waals surface area contributed by atoms with E-state index in [0.29, 0.717) is 0 Å². The lowest BCUT2D eigenvalue weighted by Gasteiger charge is -2.42. The standard InChI is InChI=1S/C16H32O2Si/c1-8-9-10-12-16(5,13-11-14-17)18-19(6,7)15(2,3)4/h17H,8-10,12,14H2,1-7H3/t16-/m0/s1. The third kappa shape index (κ3) is 6.60. The molecule has 112 valence electrons. The second-order valence-electron chi connectivity index (χ2n) is 7.01. The number of aliphatic hydroxyl groups is 1. The van der Waals surface area contributed by atoms with Crippen molar-refractivity contribution in [1.29, 1.82) is 0 Å². The van der Waals surface area contributed by atoms with Gasteiger partial charge in [0.05, 0.1) is 0 Å². The molecule has 0 aromatic heterocycles. The first-order valence-corrected chi connectivity index (χ1v) is 10.3. The minimum Gasteiger partial charge on any atom is -0.401 e. The number of hydrogen-bond acceptors (Lipinski definition) is 2. The molecule has 0 heterocycles. The first-order chi connectivity index (χ1) is 8.58. The summed E-state index contributed by atoms with van der Waals surface area (Å²) >= 11 is 0. The highest BCUT2D eigenvalue weighted by Crippen LogP contribution is 2.40. The molecule has 0 aromatic rings. The Labute approximate surface area is 121 Å². The van der Waals surface area contributed by atoms with Crippen LogP contribution in [0.3, 0.4) is 0 Å². The molecule has 0 aliphatic heterocycles. The maximum Gasteiger partial charge on any atom is 0.194 e. The van der Waals surface area contributed by atoms with Crippen molar-refractivity contribution in [2.75, 3.05) is 6.61 Å². The molecule has 0 radical (unpaired) electrons. The second-order valence-corrected chi connectivity index (χ2v) is 11.7. The molecule has 0 saturated heterocycles. The van der Waals surface area contributed by atoms with Gasteiger partial charge in [-0.3, -0.25) is 0 Å². The van der Waals surface area contributed by atoms with Crippen LogP contribution in [-0.4, -0.2) is 25.6 Å². The minimum atomic E-state index is -1.83. The van der Waals surface area contributed by atoms with Crippen molar-refractivity contribution >= 4 is 8.32 Å². The van der Waals surface area contributed by atoms with Crippen molar-refractivity contribution in [1.82, 2.24) is 0 Å². The lowest BCUT2D eigenvalue weighted by Crippen LogP contribution is -2.48. The van der Waals surface area contributed by atoms with Crippen LogP contribution in [0, 0.1) is 11.8 Å². The van der Waals surface area contributed by atoms with Crippen LogP contribution in [0.25, 0.3) is 0 Å². The van der Waals surface area contributed by atoms with E-state index in [1.54, 1.807) is 0 Å². The summed E-state index contributed by atoms with van der Waals surface area (Å²) in [4.78, 5) is 0. The quantitative estimate of drug-likeness (QED) is 0.446. The molecule has 0 amide bonds. The fourth-order valence-corrected chi connectivity index (χ4v) is 3.38. The van der Waals surface area contributed by atoms with Crippen LogP contribution in [0.5, 0.6) is 0 Å². The summed E-state index contributed by atoms with van der Waals surface area (Å²) in [5.74, 6) is 5.94. The van der Waals surface area contributed by atoms with Gasteiger partial charge in [-0.15, -0.1) is 0 Å². The zero-order chi connectivity index (χ0) is 15.2. The summed E-state index contributed by atoms with van der Waals surface area (Å²) in [6, 6.07) is 0. The Balaban J connectivity index is 4.95. The molecule has 0 fully saturated rings. The van der Waals surface area contributed by atoms with Crippen LogP contribution < -0.4 is 0 Å². The van der Waals surface area contributed by atoms with Gasteiger partial charge in [0.25, 0.3) is 0 Å². The van der Waals surface area contributed by atoms with E-state index in [1.807, 2.05) is 0 Å². The second kappa shape index (κ2) is 7.47. The molecule has 0 unspecified atom stereocenters. The lowest BCUT2D eigenvalue weighted by molar-refractivity contribution is 0.118. The van der Waals surface area contributed by atoms with E-state index >= 15 is 0 Å². The van der Waals surface area contributed by atoms with Crippen molar-refractivity contribution < 1.29 is 9.53 Å². The third-order valence-electron chi connectivity index (χ3n) is 3.98. The van der Waals surface area contributed by atoms with Crippen LogP contribution in [0.15, 0.2) is 0 Å². The minimum absolute atomic E-state index is 0.0930. The summed E-state index contributed by atoms with van der Waals surface area (Å²) in [7, 11) is -1.83. The number of unbranched alkanes of at least 4 members (excludes halogenated alkanes) is 2. The summed E-state index contributed by atoms with van der Waals surface area (Å²) in [5, 5.41) is 9.12. The number of rotatable bonds is 6. The van der Waals surface area contributed by atoms with Gasteiger partial charge in [-0.25, -0.2) is 0 Å². The van der Waals surface area contributed by atoms with Gasteiger partial charge in [0, 0.05) is 0 Å². The molecule has 0 saturated carbocycles. The van der Waals surface area contributed by atoms with Crippen LogP contribution in [-0.2, 0) is 4.43 Å². The van der Waals surface area contributed by atoms with Gasteiger partial charge >= 0.3 is 0 Å². The van der Waals surface area contributed by atoms with Crippen molar-refractivity contribution in [3.05, 3.63) is 0 Å². The van der Waals surface area contributed by atoms with Crippen LogP contribution in [0.2, 0.25) is 18.1 Å². The Morgan fingerprint density at radius 1 is 1.11 bits per heavy atom. The molecule has 1 atom stereocenters. The van der Waals surface area contributed by atoms with E-state index in [0.717, 1.165) is 12.8 Å². The molecular weight excluding hydrogens is 252 g/mol. The Morgan fingerprint density at radius 3 is 2.11 bits per heavy atom. The van der Waals surface area contributed by atoms with E-state index in [4.69, 9.17) is 9.53 Å². The van der Waals surface area contributed by atoms with E-state index in [1.165, 1.54) is 12.8 Å². The summed E-state index contributed by atoms with van der Waals surface area (Å²) < 4.78 is 6.49. The Bertz CT molecular complexity index is 320. The average Bonchev–Trinajstić information content (AvgIpc) is 2.24. The normalized spacial score (nSPS) is 15.6. The Morgan fingerprint density at radius 2 is 1.68 bits per heavy atom. The Hall–Kier alpha value is -0.303. The lowest BCUT2D eigenvalue weighted by atomic mass is 9.99. The molecule has 19 heavy (non-hydrogen) atoms. The molecular formula is C16H32O2Si. The van der Waals surface area contributed by atoms with Gasteiger partial charge in [0.2, 0.25) is 0 Å². The molecule has 3 heteroatoms. The van der Waals surface area contributed by atoms with Crippen molar-refractivity contribution in [2.24, 2.45) is 0 Å². The monoisotopic (exact) mass is 284 g/mol. The maximum absolute atomic E-state index is 8.94. The van der Waals surface area contributed by atoms with Gasteiger partial charge in [-0.1, -0.05) is 52.4 Å². The predicted octanol–water partition coefficient (Wildman–Crippen LogP) is 4.34. The van der Waals surface area contributed by atoms with Crippen molar-refractivity contribution in [3.63, 3.8) is 0 Å². The highest BCUT2D eigenvalue weighted by atomic mass is 28.4. The zero-order valence-corrected chi connectivity index (χ0v) is 14.9. The zero-order valence-electron chi connectivity index (χ0n) is 13.9. The fourth-order valence-electron chi connectivity index (χ4n) is 1.79. The maximum atomic E-state index is 8.94. The summed E-state index contributed by atoms with van der Waals surface area (Å²) in [5.41, 5.74) is -0.416. The van der Waals surface area contributed by atoms with E-state index < -0.39 is 13.9 Å². The average molecular weight is 285 g/mol. The van der Waals surface area contributed by atoms with Crippen LogP contribution >= 0.6 is 0 Å². The first kappa shape index (κ1) is 18.7. The van der Waals surface area contributed by atoms with E-state index in [2.05, 4.69) is 59.6 Å². The molecule has 0 aliphatic rings. The van der Waals surface area contributed by atoms with E-state index in [9.17, 15) is 0 Å². The molecule has 1 N–H and O–H groups in total. The van der Waals surface area contributed by atoms with E-state index in [-0.39, 0.29) is 11.6 Å². The largest absolute Gasteiger partial charge is 0.401 e. The summed E-state index contributed by atoms with van der Waals surface area (Å²) in [6.45, 7) is 15.4. The molecule has 2 nitrogen and oxygen atoms in total. The number of hydrogen-bond donors (Lipinski definition) is 1.